The number of Topliss-reactive ketones (excluding diaryl/α,β-unsaturated/α-hetero) is 1. The van der Waals surface area contributed by atoms with Gasteiger partial charge >= 0.3 is 5.97 Å². The first-order valence-corrected chi connectivity index (χ1v) is 13.4. The Morgan fingerprint density at radius 2 is 1.88 bits per heavy atom. The molecule has 6 unspecified atom stereocenters. The lowest BCUT2D eigenvalue weighted by molar-refractivity contribution is -0.152. The second-order valence-corrected chi connectivity index (χ2v) is 12.0. The van der Waals surface area contributed by atoms with Crippen LogP contribution in [0.2, 0.25) is 0 Å². The Labute approximate surface area is 203 Å². The Hall–Kier alpha value is -1.53. The van der Waals surface area contributed by atoms with E-state index in [4.69, 9.17) is 4.74 Å². The van der Waals surface area contributed by atoms with Crippen molar-refractivity contribution in [3.63, 3.8) is 0 Å². The molecule has 6 heteroatoms. The second-order valence-electron chi connectivity index (χ2n) is 12.0. The van der Waals surface area contributed by atoms with Crippen molar-refractivity contribution in [1.82, 2.24) is 0 Å². The van der Waals surface area contributed by atoms with Crippen LogP contribution < -0.4 is 0 Å². The van der Waals surface area contributed by atoms with E-state index in [2.05, 4.69) is 13.8 Å². The average molecular weight is 475 g/mol. The Morgan fingerprint density at radius 3 is 2.59 bits per heavy atom. The molecule has 0 aromatic rings. The summed E-state index contributed by atoms with van der Waals surface area (Å²) in [6, 6.07) is 0. The van der Waals surface area contributed by atoms with Gasteiger partial charge in [0.1, 0.15) is 6.61 Å². The molecule has 3 saturated carbocycles. The molecular weight excluding hydrogens is 432 g/mol. The van der Waals surface area contributed by atoms with E-state index in [1.54, 1.807) is 0 Å². The maximum absolute atomic E-state index is 12.4. The van der Waals surface area contributed by atoms with Gasteiger partial charge in [0, 0.05) is 19.4 Å². The van der Waals surface area contributed by atoms with E-state index in [0.29, 0.717) is 25.7 Å². The number of ketones is 2. The summed E-state index contributed by atoms with van der Waals surface area (Å²) in [7, 11) is 0. The molecule has 34 heavy (non-hydrogen) atoms. The van der Waals surface area contributed by atoms with E-state index < -0.39 is 6.10 Å². The van der Waals surface area contributed by atoms with Gasteiger partial charge in [-0.1, -0.05) is 32.3 Å². The molecule has 4 aliphatic carbocycles. The molecule has 190 valence electrons. The molecule has 6 nitrogen and oxygen atoms in total. The zero-order valence-corrected chi connectivity index (χ0v) is 20.9. The van der Waals surface area contributed by atoms with Crippen LogP contribution >= 0.6 is 0 Å². The van der Waals surface area contributed by atoms with Gasteiger partial charge in [0.2, 0.25) is 0 Å². The molecule has 0 spiro atoms. The summed E-state index contributed by atoms with van der Waals surface area (Å²) >= 11 is 0. The zero-order valence-electron chi connectivity index (χ0n) is 20.9. The van der Waals surface area contributed by atoms with E-state index in [0.717, 1.165) is 51.4 Å². The number of aliphatic hydroxyl groups is 2. The van der Waals surface area contributed by atoms with Crippen molar-refractivity contribution in [2.45, 2.75) is 97.0 Å². The van der Waals surface area contributed by atoms with E-state index >= 15 is 0 Å². The molecule has 0 saturated heterocycles. The average Bonchev–Trinajstić information content (AvgIpc) is 3.34. The van der Waals surface area contributed by atoms with Gasteiger partial charge in [0.05, 0.1) is 12.0 Å². The summed E-state index contributed by atoms with van der Waals surface area (Å²) in [5.41, 5.74) is 0.630. The van der Waals surface area contributed by atoms with Gasteiger partial charge in [-0.3, -0.25) is 14.4 Å². The third-order valence-electron chi connectivity index (χ3n) is 9.80. The lowest BCUT2D eigenvalue weighted by Gasteiger charge is -2.60. The predicted molar refractivity (Wildman–Crippen MR) is 128 cm³/mol. The monoisotopic (exact) mass is 474 g/mol. The molecule has 0 bridgehead atoms. The SMILES string of the molecule is CC1(CO)CC(O)C2C(CCC3=CC(=O)CCC32C)C1CCCC(=O)COC(=O)C1CCCC1. The van der Waals surface area contributed by atoms with Crippen LogP contribution in [0.15, 0.2) is 11.6 Å². The standard InChI is InChI=1S/C28H42O6/c1-27(17-29)15-24(32)25-22(11-10-19-14-20(30)12-13-28(19,25)2)23(27)9-5-8-21(31)16-34-26(33)18-6-3-4-7-18/h14,18,22-25,29,32H,3-13,15-17H2,1-2H3. The number of carbonyl (C=O) groups is 3. The van der Waals surface area contributed by atoms with Crippen LogP contribution in [-0.4, -0.2) is 47.1 Å². The van der Waals surface area contributed by atoms with Crippen LogP contribution in [0.1, 0.15) is 90.9 Å². The Kier molecular flexibility index (Phi) is 7.68. The molecule has 2 N–H and O–H groups in total. The van der Waals surface area contributed by atoms with E-state index in [1.807, 2.05) is 6.08 Å². The van der Waals surface area contributed by atoms with Crippen LogP contribution in [0, 0.1) is 34.5 Å². The van der Waals surface area contributed by atoms with E-state index in [9.17, 15) is 24.6 Å². The molecule has 4 aliphatic rings. The molecule has 0 amide bonds. The quantitative estimate of drug-likeness (QED) is 0.512. The smallest absolute Gasteiger partial charge is 0.309 e. The number of ether oxygens (including phenoxy) is 1. The minimum Gasteiger partial charge on any atom is -0.457 e. The van der Waals surface area contributed by atoms with Gasteiger partial charge in [-0.2, -0.15) is 0 Å². The number of hydrogen-bond donors (Lipinski definition) is 2. The van der Waals surface area contributed by atoms with Gasteiger partial charge < -0.3 is 14.9 Å². The third-order valence-corrected chi connectivity index (χ3v) is 9.80. The maximum atomic E-state index is 12.4. The summed E-state index contributed by atoms with van der Waals surface area (Å²) < 4.78 is 5.28. The van der Waals surface area contributed by atoms with Crippen LogP contribution in [0.5, 0.6) is 0 Å². The fraction of sp³-hybridized carbons (Fsp3) is 0.821. The highest BCUT2D eigenvalue weighted by Gasteiger charge is 2.58. The van der Waals surface area contributed by atoms with Gasteiger partial charge in [-0.25, -0.2) is 0 Å². The van der Waals surface area contributed by atoms with Gasteiger partial charge in [0.15, 0.2) is 11.6 Å². The highest BCUT2D eigenvalue weighted by molar-refractivity contribution is 5.91. The Balaban J connectivity index is 1.38. The lowest BCUT2D eigenvalue weighted by atomic mass is 9.45. The molecule has 3 fully saturated rings. The van der Waals surface area contributed by atoms with Crippen LogP contribution in [0.4, 0.5) is 0 Å². The van der Waals surface area contributed by atoms with Crippen molar-refractivity contribution in [2.24, 2.45) is 34.5 Å². The van der Waals surface area contributed by atoms with Crippen LogP contribution in [0.25, 0.3) is 0 Å². The Bertz CT molecular complexity index is 827. The van der Waals surface area contributed by atoms with Crippen LogP contribution in [0.3, 0.4) is 0 Å². The summed E-state index contributed by atoms with van der Waals surface area (Å²) in [4.78, 5) is 36.6. The molecule has 0 heterocycles. The molecule has 6 atom stereocenters. The first-order chi connectivity index (χ1) is 16.2. The van der Waals surface area contributed by atoms with Crippen molar-refractivity contribution >= 4 is 17.5 Å². The van der Waals surface area contributed by atoms with E-state index in [-0.39, 0.29) is 65.3 Å². The highest BCUT2D eigenvalue weighted by atomic mass is 16.5. The van der Waals surface area contributed by atoms with Crippen molar-refractivity contribution < 1.29 is 29.3 Å². The fourth-order valence-corrected chi connectivity index (χ4v) is 7.89. The zero-order chi connectivity index (χ0) is 24.5. The number of esters is 1. The lowest BCUT2D eigenvalue weighted by Crippen LogP contribution is -2.57. The second kappa shape index (κ2) is 10.2. The Morgan fingerprint density at radius 1 is 1.15 bits per heavy atom. The molecule has 0 radical (unpaired) electrons. The minimum atomic E-state index is -0.503. The number of hydrogen-bond acceptors (Lipinski definition) is 6. The van der Waals surface area contributed by atoms with Crippen molar-refractivity contribution in [1.29, 1.82) is 0 Å². The van der Waals surface area contributed by atoms with Crippen molar-refractivity contribution in [3.8, 4) is 0 Å². The number of carbonyl (C=O) groups excluding carboxylic acids is 3. The molecule has 0 aliphatic heterocycles. The van der Waals surface area contributed by atoms with Gasteiger partial charge in [0.25, 0.3) is 0 Å². The van der Waals surface area contributed by atoms with Crippen molar-refractivity contribution in [2.75, 3.05) is 13.2 Å². The maximum Gasteiger partial charge on any atom is 0.309 e. The number of allylic oxidation sites excluding steroid dienone is 2. The first-order valence-electron chi connectivity index (χ1n) is 13.4. The minimum absolute atomic E-state index is 0.0167. The van der Waals surface area contributed by atoms with Gasteiger partial charge in [-0.05, 0) is 86.0 Å². The fourth-order valence-electron chi connectivity index (χ4n) is 7.89. The largest absolute Gasteiger partial charge is 0.457 e. The topological polar surface area (TPSA) is 101 Å². The summed E-state index contributed by atoms with van der Waals surface area (Å²) in [6.07, 6.45) is 10.7. The molecular formula is C28H42O6. The predicted octanol–water partition coefficient (Wildman–Crippen LogP) is 4.16. The number of fused-ring (bicyclic) bond motifs is 3. The van der Waals surface area contributed by atoms with E-state index in [1.165, 1.54) is 5.57 Å². The van der Waals surface area contributed by atoms with Crippen molar-refractivity contribution in [3.05, 3.63) is 11.6 Å². The third kappa shape index (κ3) is 4.90. The molecule has 0 aromatic heterocycles. The summed E-state index contributed by atoms with van der Waals surface area (Å²) in [5.74, 6) is 0.421. The summed E-state index contributed by atoms with van der Waals surface area (Å²) in [6.45, 7) is 4.16. The highest BCUT2D eigenvalue weighted by Crippen LogP contribution is 2.62. The number of aliphatic hydroxyl groups excluding tert-OH is 2. The first kappa shape index (κ1) is 25.6. The summed E-state index contributed by atoms with van der Waals surface area (Å²) in [5, 5.41) is 21.6. The molecule has 4 rings (SSSR count). The van der Waals surface area contributed by atoms with Gasteiger partial charge in [-0.15, -0.1) is 0 Å². The molecule has 0 aromatic carbocycles. The number of rotatable bonds is 8. The normalized spacial score (nSPS) is 38.1. The van der Waals surface area contributed by atoms with Crippen LogP contribution in [-0.2, 0) is 19.1 Å².